The minimum absolute atomic E-state index is 0.0673. The van der Waals surface area contributed by atoms with Gasteiger partial charge in [-0.2, -0.15) is 11.8 Å². The van der Waals surface area contributed by atoms with Crippen molar-refractivity contribution in [2.75, 3.05) is 17.4 Å². The Morgan fingerprint density at radius 3 is 2.68 bits per heavy atom. The highest BCUT2D eigenvalue weighted by Gasteiger charge is 2.16. The fourth-order valence-corrected chi connectivity index (χ4v) is 2.56. The van der Waals surface area contributed by atoms with Crippen LogP contribution in [0, 0.1) is 5.92 Å². The first-order valence-electron chi connectivity index (χ1n) is 6.02. The molecule has 0 radical (unpaired) electrons. The number of amides is 1. The van der Waals surface area contributed by atoms with E-state index in [-0.39, 0.29) is 17.7 Å². The summed E-state index contributed by atoms with van der Waals surface area (Å²) in [5.41, 5.74) is 6.28. The maximum Gasteiger partial charge on any atom is 0.242 e. The number of carbonyl (C=O) groups is 1. The molecule has 0 spiro atoms. The van der Waals surface area contributed by atoms with Gasteiger partial charge in [0, 0.05) is 17.2 Å². The molecule has 0 fully saturated rings. The molecule has 106 valence electrons. The quantitative estimate of drug-likeness (QED) is 0.625. The summed E-state index contributed by atoms with van der Waals surface area (Å²) in [7, 11) is 0. The van der Waals surface area contributed by atoms with Crippen molar-refractivity contribution < 1.29 is 4.79 Å². The molecule has 0 aliphatic carbocycles. The van der Waals surface area contributed by atoms with Crippen molar-refractivity contribution in [1.29, 1.82) is 0 Å². The van der Waals surface area contributed by atoms with Gasteiger partial charge in [0.2, 0.25) is 5.91 Å². The van der Waals surface area contributed by atoms with Crippen LogP contribution in [0.1, 0.15) is 32.3 Å². The lowest BCUT2D eigenvalue weighted by molar-refractivity contribution is -0.123. The lowest BCUT2D eigenvalue weighted by Crippen LogP contribution is -2.35. The Hall–Kier alpha value is -1.01. The Kier molecular flexibility index (Phi) is 6.37. The van der Waals surface area contributed by atoms with Gasteiger partial charge in [-0.25, -0.2) is 9.97 Å². The summed E-state index contributed by atoms with van der Waals surface area (Å²) in [5, 5.41) is 0.402. The summed E-state index contributed by atoms with van der Waals surface area (Å²) in [6.07, 6.45) is 3.34. The number of hydrazine groups is 1. The van der Waals surface area contributed by atoms with E-state index in [9.17, 15) is 4.79 Å². The summed E-state index contributed by atoms with van der Waals surface area (Å²) >= 11 is 7.68. The zero-order valence-electron chi connectivity index (χ0n) is 11.5. The minimum atomic E-state index is -0.0706. The lowest BCUT2D eigenvalue weighted by atomic mass is 10.1. The molecule has 0 aliphatic heterocycles. The molecule has 0 aromatic carbocycles. The molecule has 5 nitrogen and oxygen atoms in total. The Morgan fingerprint density at radius 2 is 2.11 bits per heavy atom. The van der Waals surface area contributed by atoms with Gasteiger partial charge in [-0.15, -0.1) is 0 Å². The maximum atomic E-state index is 11.8. The van der Waals surface area contributed by atoms with E-state index in [4.69, 9.17) is 11.6 Å². The number of hydrogen-bond donors (Lipinski definition) is 2. The molecule has 1 aromatic heterocycles. The molecule has 0 aliphatic rings. The number of thioether (sulfide) groups is 1. The van der Waals surface area contributed by atoms with Gasteiger partial charge in [-0.05, 0) is 12.2 Å². The minimum Gasteiger partial charge on any atom is -0.281 e. The molecule has 0 bridgehead atoms. The first-order valence-corrected chi connectivity index (χ1v) is 7.79. The zero-order chi connectivity index (χ0) is 14.4. The second kappa shape index (κ2) is 7.55. The fraction of sp³-hybridized carbons (Fsp3) is 0.583. The van der Waals surface area contributed by atoms with E-state index in [0.29, 0.717) is 11.0 Å². The van der Waals surface area contributed by atoms with E-state index >= 15 is 0 Å². The number of hydrogen-bond acceptors (Lipinski definition) is 5. The van der Waals surface area contributed by atoms with Crippen molar-refractivity contribution in [3.8, 4) is 0 Å². The number of nitrogens with zero attached hydrogens (tertiary/aromatic N) is 2. The van der Waals surface area contributed by atoms with Gasteiger partial charge in [0.15, 0.2) is 5.82 Å². The summed E-state index contributed by atoms with van der Waals surface area (Å²) in [6, 6.07) is 0. The van der Waals surface area contributed by atoms with Crippen LogP contribution in [0.15, 0.2) is 6.33 Å². The third-order valence-electron chi connectivity index (χ3n) is 2.58. The normalized spacial score (nSPS) is 12.3. The second-order valence-corrected chi connectivity index (χ2v) is 5.82. The van der Waals surface area contributed by atoms with Crippen LogP contribution < -0.4 is 10.9 Å². The lowest BCUT2D eigenvalue weighted by Gasteiger charge is -2.16. The van der Waals surface area contributed by atoms with E-state index < -0.39 is 0 Å². The number of nitrogens with one attached hydrogen (secondary N) is 2. The molecule has 1 atom stereocenters. The van der Waals surface area contributed by atoms with Gasteiger partial charge < -0.3 is 0 Å². The van der Waals surface area contributed by atoms with Crippen LogP contribution in [0.3, 0.4) is 0 Å². The van der Waals surface area contributed by atoms with Crippen molar-refractivity contribution in [3.63, 3.8) is 0 Å². The highest BCUT2D eigenvalue weighted by atomic mass is 35.5. The Bertz CT molecular complexity index is 442. The number of halogens is 1. The molecular weight excluding hydrogens is 284 g/mol. The van der Waals surface area contributed by atoms with Gasteiger partial charge >= 0.3 is 0 Å². The summed E-state index contributed by atoms with van der Waals surface area (Å²) < 4.78 is 0. The maximum absolute atomic E-state index is 11.8. The summed E-state index contributed by atoms with van der Waals surface area (Å²) in [4.78, 5) is 19.9. The van der Waals surface area contributed by atoms with Crippen molar-refractivity contribution in [3.05, 3.63) is 17.0 Å². The smallest absolute Gasteiger partial charge is 0.242 e. The predicted octanol–water partition coefficient (Wildman–Crippen LogP) is 2.70. The molecule has 7 heteroatoms. The topological polar surface area (TPSA) is 66.9 Å². The van der Waals surface area contributed by atoms with E-state index in [1.54, 1.807) is 11.8 Å². The molecule has 1 heterocycles. The van der Waals surface area contributed by atoms with Crippen molar-refractivity contribution in [2.24, 2.45) is 5.92 Å². The largest absolute Gasteiger partial charge is 0.281 e. The second-order valence-electron chi connectivity index (χ2n) is 4.55. The molecule has 1 rings (SSSR count). The van der Waals surface area contributed by atoms with Crippen LogP contribution in [0.25, 0.3) is 0 Å². The SMILES string of the molecule is CSCC(C)C(=O)NNc1ncnc(Cl)c1C(C)C. The predicted molar refractivity (Wildman–Crippen MR) is 80.4 cm³/mol. The van der Waals surface area contributed by atoms with Gasteiger partial charge in [0.05, 0.1) is 0 Å². The molecule has 1 unspecified atom stereocenters. The molecule has 1 amide bonds. The highest BCUT2D eigenvalue weighted by Crippen LogP contribution is 2.27. The molecule has 2 N–H and O–H groups in total. The Morgan fingerprint density at radius 1 is 1.42 bits per heavy atom. The van der Waals surface area contributed by atoms with Crippen molar-refractivity contribution in [1.82, 2.24) is 15.4 Å². The number of aromatic nitrogens is 2. The van der Waals surface area contributed by atoms with Crippen LogP contribution in [0.2, 0.25) is 5.15 Å². The van der Waals surface area contributed by atoms with Crippen molar-refractivity contribution >= 4 is 35.1 Å². The molecule has 0 saturated carbocycles. The van der Waals surface area contributed by atoms with E-state index in [1.165, 1.54) is 6.33 Å². The molecule has 1 aromatic rings. The van der Waals surface area contributed by atoms with Crippen LogP contribution in [0.4, 0.5) is 5.82 Å². The van der Waals surface area contributed by atoms with E-state index in [1.807, 2.05) is 27.0 Å². The van der Waals surface area contributed by atoms with Gasteiger partial charge in [-0.3, -0.25) is 15.6 Å². The summed E-state index contributed by atoms with van der Waals surface area (Å²) in [6.45, 7) is 5.87. The average Bonchev–Trinajstić information content (AvgIpc) is 2.35. The first kappa shape index (κ1) is 16.0. The summed E-state index contributed by atoms with van der Waals surface area (Å²) in [5.74, 6) is 1.34. The Balaban J connectivity index is 2.73. The first-order chi connectivity index (χ1) is 8.97. The number of rotatable bonds is 6. The van der Waals surface area contributed by atoms with Gasteiger partial charge in [0.25, 0.3) is 0 Å². The molecule has 0 saturated heterocycles. The van der Waals surface area contributed by atoms with Crippen LogP contribution in [0.5, 0.6) is 0 Å². The zero-order valence-corrected chi connectivity index (χ0v) is 13.1. The third-order valence-corrected chi connectivity index (χ3v) is 3.72. The Labute approximate surface area is 122 Å². The van der Waals surface area contributed by atoms with Crippen LogP contribution in [-0.2, 0) is 4.79 Å². The van der Waals surface area contributed by atoms with Gasteiger partial charge in [-0.1, -0.05) is 32.4 Å². The standard InChI is InChI=1S/C12H19ClN4OS/c1-7(2)9-10(13)14-6-15-11(9)16-17-12(18)8(3)5-19-4/h6-8H,5H2,1-4H3,(H,17,18)(H,14,15,16). The van der Waals surface area contributed by atoms with Crippen LogP contribution in [-0.4, -0.2) is 27.9 Å². The average molecular weight is 303 g/mol. The highest BCUT2D eigenvalue weighted by molar-refractivity contribution is 7.98. The molecular formula is C12H19ClN4OS. The van der Waals surface area contributed by atoms with E-state index in [0.717, 1.165) is 11.3 Å². The number of carbonyl (C=O) groups excluding carboxylic acids is 1. The van der Waals surface area contributed by atoms with E-state index in [2.05, 4.69) is 20.8 Å². The van der Waals surface area contributed by atoms with Gasteiger partial charge in [0.1, 0.15) is 11.5 Å². The van der Waals surface area contributed by atoms with Crippen LogP contribution >= 0.6 is 23.4 Å². The van der Waals surface area contributed by atoms with Crippen molar-refractivity contribution in [2.45, 2.75) is 26.7 Å². The molecule has 19 heavy (non-hydrogen) atoms. The monoisotopic (exact) mass is 302 g/mol. The fourth-order valence-electron chi connectivity index (χ4n) is 1.56. The third kappa shape index (κ3) is 4.54. The number of anilines is 1.